The molecule has 0 aromatic carbocycles. The third-order valence-electron chi connectivity index (χ3n) is 5.44. The van der Waals surface area contributed by atoms with E-state index >= 15 is 0 Å². The van der Waals surface area contributed by atoms with Crippen molar-refractivity contribution in [3.63, 3.8) is 0 Å². The number of carbonyl (C=O) groups is 1. The molecule has 1 atom stereocenters. The lowest BCUT2D eigenvalue weighted by Crippen LogP contribution is -2.41. The van der Waals surface area contributed by atoms with Gasteiger partial charge in [-0.3, -0.25) is 4.79 Å². The first-order valence-electron chi connectivity index (χ1n) is 8.97. The largest absolute Gasteiger partial charge is 0.353 e. The summed E-state index contributed by atoms with van der Waals surface area (Å²) >= 11 is 0. The van der Waals surface area contributed by atoms with E-state index in [0.717, 1.165) is 37.8 Å². The first-order chi connectivity index (χ1) is 11.2. The number of carbonyl (C=O) groups excluding carboxylic acids is 1. The van der Waals surface area contributed by atoms with Crippen LogP contribution in [0.5, 0.6) is 0 Å². The molecule has 0 aliphatic heterocycles. The molecule has 1 N–H and O–H groups in total. The fraction of sp³-hybridized carbons (Fsp3) is 0.579. The molecule has 2 aromatic heterocycles. The molecule has 0 radical (unpaired) electrons. The third-order valence-corrected chi connectivity index (χ3v) is 5.44. The van der Waals surface area contributed by atoms with E-state index in [9.17, 15) is 4.79 Å². The van der Waals surface area contributed by atoms with Crippen LogP contribution in [0.3, 0.4) is 0 Å². The molecular weight excluding hydrogens is 286 g/mol. The number of pyridine rings is 1. The summed E-state index contributed by atoms with van der Waals surface area (Å²) in [6.45, 7) is 2.10. The normalized spacial score (nSPS) is 22.0. The van der Waals surface area contributed by atoms with Gasteiger partial charge in [-0.25, -0.2) is 4.98 Å². The van der Waals surface area contributed by atoms with Gasteiger partial charge in [0, 0.05) is 30.3 Å². The van der Waals surface area contributed by atoms with Crippen LogP contribution in [0.15, 0.2) is 18.3 Å². The van der Waals surface area contributed by atoms with Crippen LogP contribution in [0.4, 0.5) is 0 Å². The minimum absolute atomic E-state index is 0.102. The summed E-state index contributed by atoms with van der Waals surface area (Å²) in [5.74, 6) is 0.356. The van der Waals surface area contributed by atoms with Crippen molar-refractivity contribution in [2.75, 3.05) is 0 Å². The summed E-state index contributed by atoms with van der Waals surface area (Å²) in [5, 5.41) is 3.30. The van der Waals surface area contributed by atoms with Crippen LogP contribution in [0.2, 0.25) is 0 Å². The van der Waals surface area contributed by atoms with Crippen molar-refractivity contribution < 1.29 is 4.79 Å². The number of rotatable bonds is 2. The second-order valence-electron chi connectivity index (χ2n) is 7.22. The van der Waals surface area contributed by atoms with Crippen LogP contribution in [0.1, 0.15) is 55.5 Å². The van der Waals surface area contributed by atoms with Gasteiger partial charge in [-0.15, -0.1) is 0 Å². The lowest BCUT2D eigenvalue weighted by Gasteiger charge is -2.27. The number of aromatic nitrogens is 2. The average Bonchev–Trinajstić information content (AvgIpc) is 2.93. The van der Waals surface area contributed by atoms with Crippen LogP contribution in [0, 0.1) is 12.8 Å². The average molecular weight is 311 g/mol. The zero-order chi connectivity index (χ0) is 15.8. The van der Waals surface area contributed by atoms with E-state index in [0.29, 0.717) is 6.04 Å². The van der Waals surface area contributed by atoms with E-state index in [1.807, 2.05) is 0 Å². The molecule has 2 aliphatic rings. The molecule has 1 saturated carbocycles. The van der Waals surface area contributed by atoms with Gasteiger partial charge in [0.1, 0.15) is 5.65 Å². The molecule has 23 heavy (non-hydrogen) atoms. The van der Waals surface area contributed by atoms with Gasteiger partial charge in [0.05, 0.1) is 5.69 Å². The Morgan fingerprint density at radius 2 is 2.04 bits per heavy atom. The highest BCUT2D eigenvalue weighted by atomic mass is 16.1. The molecule has 1 unspecified atom stereocenters. The molecule has 1 fully saturated rings. The highest BCUT2D eigenvalue weighted by molar-refractivity contribution is 5.79. The van der Waals surface area contributed by atoms with E-state index < -0.39 is 0 Å². The van der Waals surface area contributed by atoms with Crippen molar-refractivity contribution in [1.29, 1.82) is 0 Å². The van der Waals surface area contributed by atoms with Crippen molar-refractivity contribution in [1.82, 2.24) is 14.7 Å². The van der Waals surface area contributed by atoms with Gasteiger partial charge in [-0.05, 0) is 44.2 Å². The van der Waals surface area contributed by atoms with E-state index in [1.54, 1.807) is 0 Å². The Labute approximate surface area is 137 Å². The highest BCUT2D eigenvalue weighted by Crippen LogP contribution is 2.27. The number of amides is 1. The topological polar surface area (TPSA) is 46.4 Å². The zero-order valence-electron chi connectivity index (χ0n) is 13.8. The molecule has 0 bridgehead atoms. The Hall–Kier alpha value is -1.84. The van der Waals surface area contributed by atoms with Crippen LogP contribution < -0.4 is 5.32 Å². The molecule has 1 amide bonds. The van der Waals surface area contributed by atoms with Gasteiger partial charge < -0.3 is 9.72 Å². The Morgan fingerprint density at radius 1 is 1.22 bits per heavy atom. The van der Waals surface area contributed by atoms with Crippen molar-refractivity contribution in [3.05, 3.63) is 35.3 Å². The lowest BCUT2D eigenvalue weighted by atomic mass is 9.88. The maximum Gasteiger partial charge on any atom is 0.223 e. The fourth-order valence-corrected chi connectivity index (χ4v) is 4.10. The third kappa shape index (κ3) is 2.87. The van der Waals surface area contributed by atoms with E-state index in [1.165, 1.54) is 36.2 Å². The molecule has 4 rings (SSSR count). The Kier molecular flexibility index (Phi) is 3.83. The second kappa shape index (κ2) is 5.99. The molecule has 122 valence electrons. The molecule has 0 spiro atoms. The molecule has 2 aliphatic carbocycles. The Morgan fingerprint density at radius 3 is 2.87 bits per heavy atom. The summed E-state index contributed by atoms with van der Waals surface area (Å²) in [4.78, 5) is 17.4. The maximum atomic E-state index is 12.7. The monoisotopic (exact) mass is 311 g/mol. The number of hydrogen-bond acceptors (Lipinski definition) is 2. The summed E-state index contributed by atoms with van der Waals surface area (Å²) in [6, 6.07) is 4.58. The number of imidazole rings is 1. The molecule has 4 nitrogen and oxygen atoms in total. The number of fused-ring (bicyclic) bond motifs is 3. The summed E-state index contributed by atoms with van der Waals surface area (Å²) in [7, 11) is 0. The molecule has 0 saturated heterocycles. The SMILES string of the molecule is Cc1ccc2nc3c(n2c1)CC(C(=O)NC1CCCCC1)CC3. The predicted molar refractivity (Wildman–Crippen MR) is 90.5 cm³/mol. The second-order valence-corrected chi connectivity index (χ2v) is 7.22. The van der Waals surface area contributed by atoms with Crippen LogP contribution in [-0.2, 0) is 17.6 Å². The maximum absolute atomic E-state index is 12.7. The van der Waals surface area contributed by atoms with Crippen molar-refractivity contribution >= 4 is 11.6 Å². The minimum Gasteiger partial charge on any atom is -0.353 e. The predicted octanol–water partition coefficient (Wildman–Crippen LogP) is 3.20. The van der Waals surface area contributed by atoms with E-state index in [-0.39, 0.29) is 11.8 Å². The first-order valence-corrected chi connectivity index (χ1v) is 8.97. The number of hydrogen-bond donors (Lipinski definition) is 1. The Bertz CT molecular complexity index is 728. The van der Waals surface area contributed by atoms with Gasteiger partial charge in [-0.1, -0.05) is 25.3 Å². The number of aryl methyl sites for hydroxylation is 2. The number of nitrogens with one attached hydrogen (secondary N) is 1. The van der Waals surface area contributed by atoms with Crippen molar-refractivity contribution in [3.8, 4) is 0 Å². The van der Waals surface area contributed by atoms with Gasteiger partial charge in [0.25, 0.3) is 0 Å². The highest BCUT2D eigenvalue weighted by Gasteiger charge is 2.29. The minimum atomic E-state index is 0.102. The Balaban J connectivity index is 1.52. The van der Waals surface area contributed by atoms with Crippen molar-refractivity contribution in [2.45, 2.75) is 64.3 Å². The van der Waals surface area contributed by atoms with E-state index in [2.05, 4.69) is 35.0 Å². The first kappa shape index (κ1) is 14.7. The smallest absolute Gasteiger partial charge is 0.223 e. The van der Waals surface area contributed by atoms with Gasteiger partial charge in [-0.2, -0.15) is 0 Å². The summed E-state index contributed by atoms with van der Waals surface area (Å²) < 4.78 is 2.19. The fourth-order valence-electron chi connectivity index (χ4n) is 4.10. The summed E-state index contributed by atoms with van der Waals surface area (Å²) in [6.07, 6.45) is 10.9. The van der Waals surface area contributed by atoms with Gasteiger partial charge >= 0.3 is 0 Å². The molecule has 2 heterocycles. The summed E-state index contributed by atoms with van der Waals surface area (Å²) in [5.41, 5.74) is 4.65. The molecule has 4 heteroatoms. The van der Waals surface area contributed by atoms with Gasteiger partial charge in [0.15, 0.2) is 0 Å². The standard InChI is InChI=1S/C19H25N3O/c1-13-7-10-18-21-16-9-8-14(11-17(16)22(18)12-13)19(23)20-15-5-3-2-4-6-15/h7,10,12,14-15H,2-6,8-9,11H2,1H3,(H,20,23). The zero-order valence-corrected chi connectivity index (χ0v) is 13.8. The lowest BCUT2D eigenvalue weighted by molar-refractivity contribution is -0.126. The van der Waals surface area contributed by atoms with Crippen LogP contribution >= 0.6 is 0 Å². The number of nitrogens with zero attached hydrogens (tertiary/aromatic N) is 2. The molecule has 2 aromatic rings. The van der Waals surface area contributed by atoms with Crippen LogP contribution in [-0.4, -0.2) is 21.3 Å². The van der Waals surface area contributed by atoms with E-state index in [4.69, 9.17) is 4.98 Å². The van der Waals surface area contributed by atoms with Crippen LogP contribution in [0.25, 0.3) is 5.65 Å². The quantitative estimate of drug-likeness (QED) is 0.926. The van der Waals surface area contributed by atoms with Gasteiger partial charge in [0.2, 0.25) is 5.91 Å². The van der Waals surface area contributed by atoms with Crippen molar-refractivity contribution in [2.24, 2.45) is 5.92 Å². The molecular formula is C19H25N3O.